The number of carbonyl (C=O) groups excluding carboxylic acids is 1. The normalized spacial score (nSPS) is 13.8. The van der Waals surface area contributed by atoms with Crippen molar-refractivity contribution in [3.63, 3.8) is 0 Å². The lowest BCUT2D eigenvalue weighted by molar-refractivity contribution is 0.0766. The van der Waals surface area contributed by atoms with Crippen molar-refractivity contribution in [2.75, 3.05) is 5.73 Å². The van der Waals surface area contributed by atoms with E-state index in [1.807, 2.05) is 47.4 Å². The van der Waals surface area contributed by atoms with Gasteiger partial charge in [-0.15, -0.1) is 0 Å². The number of nitrogen functional groups attached to an aromatic ring is 1. The molecule has 0 unspecified atom stereocenters. The van der Waals surface area contributed by atoms with Crippen molar-refractivity contribution in [2.45, 2.75) is 13.1 Å². The van der Waals surface area contributed by atoms with Crippen molar-refractivity contribution in [1.29, 1.82) is 0 Å². The predicted molar refractivity (Wildman–Crippen MR) is 70.9 cm³/mol. The van der Waals surface area contributed by atoms with E-state index in [0.717, 1.165) is 16.7 Å². The van der Waals surface area contributed by atoms with Gasteiger partial charge < -0.3 is 10.6 Å². The molecule has 1 amide bonds. The molecule has 3 heteroatoms. The Hall–Kier alpha value is -2.29. The van der Waals surface area contributed by atoms with Crippen LogP contribution in [0.1, 0.15) is 21.5 Å². The van der Waals surface area contributed by atoms with Crippen molar-refractivity contribution in [3.8, 4) is 0 Å². The molecule has 1 aliphatic rings. The van der Waals surface area contributed by atoms with Gasteiger partial charge >= 0.3 is 0 Å². The Bertz CT molecular complexity index is 593. The Labute approximate surface area is 106 Å². The first-order valence-electron chi connectivity index (χ1n) is 5.95. The number of anilines is 1. The maximum atomic E-state index is 12.2. The maximum absolute atomic E-state index is 12.2. The van der Waals surface area contributed by atoms with Gasteiger partial charge in [0.25, 0.3) is 5.91 Å². The van der Waals surface area contributed by atoms with Crippen molar-refractivity contribution < 1.29 is 4.79 Å². The quantitative estimate of drug-likeness (QED) is 0.817. The lowest BCUT2D eigenvalue weighted by atomic mass is 10.1. The van der Waals surface area contributed by atoms with Crippen molar-refractivity contribution in [1.82, 2.24) is 4.90 Å². The molecule has 1 heterocycles. The lowest BCUT2D eigenvalue weighted by Crippen LogP contribution is -2.23. The minimum Gasteiger partial charge on any atom is -0.399 e. The Morgan fingerprint density at radius 1 is 1.11 bits per heavy atom. The number of nitrogens with two attached hydrogens (primary N) is 1. The first kappa shape index (κ1) is 10.8. The molecule has 0 fully saturated rings. The van der Waals surface area contributed by atoms with Gasteiger partial charge in [-0.2, -0.15) is 0 Å². The monoisotopic (exact) mass is 238 g/mol. The number of carbonyl (C=O) groups is 1. The van der Waals surface area contributed by atoms with Gasteiger partial charge in [-0.25, -0.2) is 0 Å². The van der Waals surface area contributed by atoms with Crippen LogP contribution in [0.4, 0.5) is 5.69 Å². The van der Waals surface area contributed by atoms with E-state index < -0.39 is 0 Å². The number of fused-ring (bicyclic) bond motifs is 1. The summed E-state index contributed by atoms with van der Waals surface area (Å²) in [4.78, 5) is 14.0. The molecule has 3 nitrogen and oxygen atoms in total. The van der Waals surface area contributed by atoms with Gasteiger partial charge in [-0.05, 0) is 29.3 Å². The fraction of sp³-hybridized carbons (Fsp3) is 0.133. The second-order valence-corrected chi connectivity index (χ2v) is 4.56. The van der Waals surface area contributed by atoms with Gasteiger partial charge in [-0.3, -0.25) is 4.79 Å². The predicted octanol–water partition coefficient (Wildman–Crippen LogP) is 2.42. The van der Waals surface area contributed by atoms with Gasteiger partial charge in [-0.1, -0.05) is 30.3 Å². The van der Waals surface area contributed by atoms with E-state index in [-0.39, 0.29) is 5.91 Å². The molecule has 0 saturated carbocycles. The summed E-state index contributed by atoms with van der Waals surface area (Å²) >= 11 is 0. The summed E-state index contributed by atoms with van der Waals surface area (Å²) in [6, 6.07) is 15.5. The van der Waals surface area contributed by atoms with Crippen LogP contribution in [0.5, 0.6) is 0 Å². The van der Waals surface area contributed by atoms with Crippen molar-refractivity contribution >= 4 is 11.6 Å². The molecule has 90 valence electrons. The van der Waals surface area contributed by atoms with Crippen LogP contribution in [0.3, 0.4) is 0 Å². The summed E-state index contributed by atoms with van der Waals surface area (Å²) in [5, 5.41) is 0. The first-order valence-corrected chi connectivity index (χ1v) is 5.95. The highest BCUT2D eigenvalue weighted by Crippen LogP contribution is 2.25. The number of hydrogen-bond acceptors (Lipinski definition) is 2. The minimum absolute atomic E-state index is 0.0915. The largest absolute Gasteiger partial charge is 0.399 e. The number of nitrogens with zero attached hydrogens (tertiary/aromatic N) is 1. The number of amides is 1. The molecule has 0 spiro atoms. The smallest absolute Gasteiger partial charge is 0.254 e. The summed E-state index contributed by atoms with van der Waals surface area (Å²) < 4.78 is 0. The first-order chi connectivity index (χ1) is 8.74. The van der Waals surface area contributed by atoms with Crippen LogP contribution in [-0.2, 0) is 13.1 Å². The molecule has 1 aliphatic heterocycles. The molecule has 3 rings (SSSR count). The van der Waals surface area contributed by atoms with E-state index in [0.29, 0.717) is 18.8 Å². The third kappa shape index (κ3) is 1.84. The highest BCUT2D eigenvalue weighted by molar-refractivity contribution is 5.98. The van der Waals surface area contributed by atoms with Crippen LogP contribution in [0, 0.1) is 0 Å². The second kappa shape index (κ2) is 4.18. The van der Waals surface area contributed by atoms with Crippen molar-refractivity contribution in [3.05, 3.63) is 65.2 Å². The summed E-state index contributed by atoms with van der Waals surface area (Å²) in [5.74, 6) is 0.0915. The fourth-order valence-electron chi connectivity index (χ4n) is 2.33. The lowest BCUT2D eigenvalue weighted by Gasteiger charge is -2.15. The second-order valence-electron chi connectivity index (χ2n) is 4.56. The minimum atomic E-state index is 0.0915. The van der Waals surface area contributed by atoms with Gasteiger partial charge in [0.1, 0.15) is 0 Å². The third-order valence-electron chi connectivity index (χ3n) is 3.22. The van der Waals surface area contributed by atoms with E-state index in [1.165, 1.54) is 0 Å². The standard InChI is InChI=1S/C15H14N2O/c16-13-6-7-14-12(8-13)10-17(15(14)18)9-11-4-2-1-3-5-11/h1-8H,9-10,16H2. The van der Waals surface area contributed by atoms with E-state index in [4.69, 9.17) is 5.73 Å². The molecule has 0 bridgehead atoms. The van der Waals surface area contributed by atoms with Crippen LogP contribution in [0.2, 0.25) is 0 Å². The average Bonchev–Trinajstić information content (AvgIpc) is 2.67. The molecular weight excluding hydrogens is 224 g/mol. The molecule has 2 aromatic rings. The Morgan fingerprint density at radius 2 is 1.89 bits per heavy atom. The van der Waals surface area contributed by atoms with Crippen LogP contribution in [0.25, 0.3) is 0 Å². The van der Waals surface area contributed by atoms with Gasteiger partial charge in [0.2, 0.25) is 0 Å². The molecule has 18 heavy (non-hydrogen) atoms. The molecule has 2 N–H and O–H groups in total. The van der Waals surface area contributed by atoms with E-state index in [1.54, 1.807) is 6.07 Å². The molecular formula is C15H14N2O. The molecule has 0 aromatic heterocycles. The number of hydrogen-bond donors (Lipinski definition) is 1. The van der Waals surface area contributed by atoms with Crippen LogP contribution >= 0.6 is 0 Å². The zero-order chi connectivity index (χ0) is 12.5. The average molecular weight is 238 g/mol. The van der Waals surface area contributed by atoms with Gasteiger partial charge in [0, 0.05) is 24.3 Å². The summed E-state index contributed by atoms with van der Waals surface area (Å²) in [6.07, 6.45) is 0. The highest BCUT2D eigenvalue weighted by Gasteiger charge is 2.26. The zero-order valence-corrected chi connectivity index (χ0v) is 9.97. The van der Waals surface area contributed by atoms with E-state index >= 15 is 0 Å². The van der Waals surface area contributed by atoms with Crippen LogP contribution < -0.4 is 5.73 Å². The SMILES string of the molecule is Nc1ccc2c(c1)CN(Cc1ccccc1)C2=O. The van der Waals surface area contributed by atoms with Crippen molar-refractivity contribution in [2.24, 2.45) is 0 Å². The number of rotatable bonds is 2. The Morgan fingerprint density at radius 3 is 2.67 bits per heavy atom. The van der Waals surface area contributed by atoms with Gasteiger partial charge in [0.05, 0.1) is 0 Å². The molecule has 0 radical (unpaired) electrons. The molecule has 0 atom stereocenters. The maximum Gasteiger partial charge on any atom is 0.254 e. The van der Waals surface area contributed by atoms with Crippen LogP contribution in [-0.4, -0.2) is 10.8 Å². The Kier molecular flexibility index (Phi) is 2.52. The topological polar surface area (TPSA) is 46.3 Å². The molecule has 0 aliphatic carbocycles. The summed E-state index contributed by atoms with van der Waals surface area (Å²) in [5.41, 5.74) is 9.40. The zero-order valence-electron chi connectivity index (χ0n) is 9.97. The van der Waals surface area contributed by atoms with Crippen LogP contribution in [0.15, 0.2) is 48.5 Å². The summed E-state index contributed by atoms with van der Waals surface area (Å²) in [6.45, 7) is 1.29. The van der Waals surface area contributed by atoms with Gasteiger partial charge in [0.15, 0.2) is 0 Å². The Balaban J connectivity index is 1.84. The summed E-state index contributed by atoms with van der Waals surface area (Å²) in [7, 11) is 0. The fourth-order valence-corrected chi connectivity index (χ4v) is 2.33. The highest BCUT2D eigenvalue weighted by atomic mass is 16.2. The molecule has 2 aromatic carbocycles. The van der Waals surface area contributed by atoms with E-state index in [2.05, 4.69) is 0 Å². The number of benzene rings is 2. The van der Waals surface area contributed by atoms with E-state index in [9.17, 15) is 4.79 Å². The third-order valence-corrected chi connectivity index (χ3v) is 3.22. The molecule has 0 saturated heterocycles.